The Morgan fingerprint density at radius 2 is 1.62 bits per heavy atom. The Bertz CT molecular complexity index is 1060. The summed E-state index contributed by atoms with van der Waals surface area (Å²) in [7, 11) is 0. The van der Waals surface area contributed by atoms with Crippen LogP contribution in [0.1, 0.15) is 40.0 Å². The van der Waals surface area contributed by atoms with Crippen molar-refractivity contribution >= 4 is 11.7 Å². The highest BCUT2D eigenvalue weighted by atomic mass is 16.1. The van der Waals surface area contributed by atoms with Crippen molar-refractivity contribution in [3.05, 3.63) is 95.2 Å². The second kappa shape index (κ2) is 9.53. The van der Waals surface area contributed by atoms with Crippen LogP contribution in [0.15, 0.2) is 72.8 Å². The average molecular weight is 427 g/mol. The van der Waals surface area contributed by atoms with E-state index in [1.165, 1.54) is 16.7 Å². The van der Waals surface area contributed by atoms with Crippen LogP contribution in [0.2, 0.25) is 0 Å². The first kappa shape index (κ1) is 20.7. The molecule has 0 spiro atoms. The number of nitrogens with zero attached hydrogens (tertiary/aromatic N) is 3. The maximum atomic E-state index is 12.9. The van der Waals surface area contributed by atoms with Gasteiger partial charge in [0.1, 0.15) is 11.5 Å². The molecule has 5 rings (SSSR count). The van der Waals surface area contributed by atoms with E-state index in [2.05, 4.69) is 69.7 Å². The average Bonchev–Trinajstić information content (AvgIpc) is 2.85. The maximum absolute atomic E-state index is 12.9. The molecular weight excluding hydrogens is 396 g/mol. The van der Waals surface area contributed by atoms with Crippen molar-refractivity contribution in [1.82, 2.24) is 15.2 Å². The Morgan fingerprint density at radius 1 is 0.875 bits per heavy atom. The molecule has 0 bridgehead atoms. The monoisotopic (exact) mass is 426 g/mol. The van der Waals surface area contributed by atoms with Gasteiger partial charge in [0.2, 0.25) is 0 Å². The number of hydrogen-bond donors (Lipinski definition) is 1. The highest BCUT2D eigenvalue weighted by Gasteiger charge is 2.23. The highest BCUT2D eigenvalue weighted by Crippen LogP contribution is 2.23. The molecule has 1 fully saturated rings. The molecule has 32 heavy (non-hydrogen) atoms. The quantitative estimate of drug-likeness (QED) is 0.669. The van der Waals surface area contributed by atoms with Crippen LogP contribution in [0, 0.1) is 0 Å². The minimum Gasteiger partial charge on any atom is -0.352 e. The second-order valence-electron chi connectivity index (χ2n) is 8.83. The Morgan fingerprint density at radius 3 is 2.44 bits per heavy atom. The summed E-state index contributed by atoms with van der Waals surface area (Å²) in [5.41, 5.74) is 4.61. The summed E-state index contributed by atoms with van der Waals surface area (Å²) in [6.07, 6.45) is 2.96. The maximum Gasteiger partial charge on any atom is 0.270 e. The molecule has 164 valence electrons. The molecule has 0 saturated carbocycles. The lowest BCUT2D eigenvalue weighted by molar-refractivity contribution is 0.0904. The lowest BCUT2D eigenvalue weighted by Gasteiger charge is -2.32. The third-order valence-corrected chi connectivity index (χ3v) is 6.59. The summed E-state index contributed by atoms with van der Waals surface area (Å²) in [6, 6.07) is 25.1. The van der Waals surface area contributed by atoms with Gasteiger partial charge in [-0.05, 0) is 48.1 Å². The first-order valence-corrected chi connectivity index (χ1v) is 11.6. The van der Waals surface area contributed by atoms with Gasteiger partial charge in [-0.2, -0.15) is 0 Å². The van der Waals surface area contributed by atoms with Gasteiger partial charge in [-0.3, -0.25) is 9.69 Å². The lowest BCUT2D eigenvalue weighted by Crippen LogP contribution is -2.44. The summed E-state index contributed by atoms with van der Waals surface area (Å²) >= 11 is 0. The van der Waals surface area contributed by atoms with E-state index in [0.717, 1.165) is 57.8 Å². The minimum atomic E-state index is -0.0641. The van der Waals surface area contributed by atoms with Gasteiger partial charge in [0.05, 0.1) is 0 Å². The summed E-state index contributed by atoms with van der Waals surface area (Å²) < 4.78 is 0. The normalized spacial score (nSPS) is 17.1. The molecule has 2 aliphatic heterocycles. The zero-order chi connectivity index (χ0) is 21.8. The number of anilines is 1. The first-order chi connectivity index (χ1) is 15.7. The van der Waals surface area contributed by atoms with Crippen LogP contribution in [0.5, 0.6) is 0 Å². The zero-order valence-corrected chi connectivity index (χ0v) is 18.4. The van der Waals surface area contributed by atoms with Gasteiger partial charge in [0, 0.05) is 38.8 Å². The molecule has 0 atom stereocenters. The molecule has 1 aromatic heterocycles. The summed E-state index contributed by atoms with van der Waals surface area (Å²) in [5, 5.41) is 3.22. The summed E-state index contributed by atoms with van der Waals surface area (Å²) in [6.45, 7) is 4.74. The van der Waals surface area contributed by atoms with Gasteiger partial charge in [-0.25, -0.2) is 4.98 Å². The number of rotatable bonds is 5. The first-order valence-electron chi connectivity index (χ1n) is 11.6. The molecule has 0 aliphatic carbocycles. The molecule has 1 amide bonds. The molecule has 3 heterocycles. The molecule has 2 aliphatic rings. The van der Waals surface area contributed by atoms with Crippen molar-refractivity contribution in [2.75, 3.05) is 24.5 Å². The van der Waals surface area contributed by atoms with Crippen molar-refractivity contribution < 1.29 is 4.79 Å². The number of piperidine rings is 1. The van der Waals surface area contributed by atoms with Gasteiger partial charge < -0.3 is 10.2 Å². The fraction of sp³-hybridized carbons (Fsp3) is 0.333. The van der Waals surface area contributed by atoms with E-state index in [9.17, 15) is 4.79 Å². The molecular formula is C27H30N4O. The minimum absolute atomic E-state index is 0.0641. The van der Waals surface area contributed by atoms with Crippen molar-refractivity contribution in [2.45, 2.75) is 38.4 Å². The fourth-order valence-electron chi connectivity index (χ4n) is 4.75. The van der Waals surface area contributed by atoms with E-state index in [1.54, 1.807) is 0 Å². The molecule has 1 saturated heterocycles. The molecule has 5 nitrogen and oxygen atoms in total. The fourth-order valence-corrected chi connectivity index (χ4v) is 4.75. The number of carbonyl (C=O) groups is 1. The number of benzene rings is 2. The Balaban J connectivity index is 1.16. The summed E-state index contributed by atoms with van der Waals surface area (Å²) in [4.78, 5) is 22.4. The van der Waals surface area contributed by atoms with E-state index in [-0.39, 0.29) is 11.9 Å². The van der Waals surface area contributed by atoms with Crippen LogP contribution in [0.3, 0.4) is 0 Å². The van der Waals surface area contributed by atoms with Gasteiger partial charge >= 0.3 is 0 Å². The van der Waals surface area contributed by atoms with Crippen LogP contribution in [0.4, 0.5) is 5.82 Å². The number of likely N-dealkylation sites (tertiary alicyclic amines) is 1. The highest BCUT2D eigenvalue weighted by molar-refractivity contribution is 5.92. The van der Waals surface area contributed by atoms with E-state index < -0.39 is 0 Å². The van der Waals surface area contributed by atoms with Crippen LogP contribution in [-0.4, -0.2) is 41.5 Å². The third-order valence-electron chi connectivity index (χ3n) is 6.59. The van der Waals surface area contributed by atoms with Crippen molar-refractivity contribution in [1.29, 1.82) is 0 Å². The number of fused-ring (bicyclic) bond motifs is 1. The molecule has 0 unspecified atom stereocenters. The lowest BCUT2D eigenvalue weighted by atomic mass is 10.00. The van der Waals surface area contributed by atoms with Crippen LogP contribution < -0.4 is 10.2 Å². The number of carbonyl (C=O) groups excluding carboxylic acids is 1. The smallest absolute Gasteiger partial charge is 0.270 e. The Kier molecular flexibility index (Phi) is 6.17. The van der Waals surface area contributed by atoms with Gasteiger partial charge in [-0.15, -0.1) is 0 Å². The second-order valence-corrected chi connectivity index (χ2v) is 8.83. The van der Waals surface area contributed by atoms with E-state index >= 15 is 0 Å². The molecule has 0 radical (unpaired) electrons. The number of nitrogens with one attached hydrogen (secondary N) is 1. The van der Waals surface area contributed by atoms with Crippen molar-refractivity contribution in [2.24, 2.45) is 0 Å². The van der Waals surface area contributed by atoms with Crippen molar-refractivity contribution in [3.8, 4) is 0 Å². The predicted octanol–water partition coefficient (Wildman–Crippen LogP) is 4.04. The molecule has 3 aromatic rings. The number of pyridine rings is 1. The zero-order valence-electron chi connectivity index (χ0n) is 18.4. The standard InChI is InChI=1S/C27H30N4O/c32-27(28-24-14-16-30(17-15-24)19-21-7-2-1-3-8-21)25-11-6-12-26(29-25)31-18-13-22-9-4-5-10-23(22)20-31/h1-12,24H,13-20H2,(H,28,32). The van der Waals surface area contributed by atoms with Crippen LogP contribution in [-0.2, 0) is 19.5 Å². The number of amides is 1. The molecule has 5 heteroatoms. The largest absolute Gasteiger partial charge is 0.352 e. The van der Waals surface area contributed by atoms with Crippen LogP contribution >= 0.6 is 0 Å². The third kappa shape index (κ3) is 4.83. The topological polar surface area (TPSA) is 48.5 Å². The van der Waals surface area contributed by atoms with Crippen molar-refractivity contribution in [3.63, 3.8) is 0 Å². The van der Waals surface area contributed by atoms with Gasteiger partial charge in [-0.1, -0.05) is 60.7 Å². The number of hydrogen-bond acceptors (Lipinski definition) is 4. The Labute approximate surface area is 190 Å². The van der Waals surface area contributed by atoms with E-state index in [1.807, 2.05) is 18.2 Å². The summed E-state index contributed by atoms with van der Waals surface area (Å²) in [5.74, 6) is 0.815. The van der Waals surface area contributed by atoms with Gasteiger partial charge in [0.25, 0.3) is 5.91 Å². The predicted molar refractivity (Wildman–Crippen MR) is 128 cm³/mol. The number of aromatic nitrogens is 1. The SMILES string of the molecule is O=C(NC1CCN(Cc2ccccc2)CC1)c1cccc(N2CCc3ccccc3C2)n1. The molecule has 2 aromatic carbocycles. The Hall–Kier alpha value is -3.18. The van der Waals surface area contributed by atoms with E-state index in [0.29, 0.717) is 5.69 Å². The van der Waals surface area contributed by atoms with Gasteiger partial charge in [0.15, 0.2) is 0 Å². The molecule has 1 N–H and O–H groups in total. The van der Waals surface area contributed by atoms with E-state index in [4.69, 9.17) is 4.98 Å². The van der Waals surface area contributed by atoms with Crippen LogP contribution in [0.25, 0.3) is 0 Å².